The van der Waals surface area contributed by atoms with Crippen molar-refractivity contribution in [2.24, 2.45) is 0 Å². The van der Waals surface area contributed by atoms with Crippen LogP contribution in [0.4, 0.5) is 0 Å². The highest BCUT2D eigenvalue weighted by Gasteiger charge is 2.33. The molecule has 0 spiro atoms. The van der Waals surface area contributed by atoms with E-state index in [-0.39, 0.29) is 12.0 Å². The molecule has 4 nitrogen and oxygen atoms in total. The molecule has 1 aromatic carbocycles. The van der Waals surface area contributed by atoms with Gasteiger partial charge in [0.25, 0.3) is 0 Å². The van der Waals surface area contributed by atoms with Crippen molar-refractivity contribution in [3.63, 3.8) is 0 Å². The van der Waals surface area contributed by atoms with E-state index in [0.29, 0.717) is 6.42 Å². The van der Waals surface area contributed by atoms with Gasteiger partial charge in [-0.25, -0.2) is 0 Å². The lowest BCUT2D eigenvalue weighted by Gasteiger charge is -2.16. The van der Waals surface area contributed by atoms with Crippen LogP contribution in [0.1, 0.15) is 24.9 Å². The lowest BCUT2D eigenvalue weighted by atomic mass is 10.0. The van der Waals surface area contributed by atoms with Crippen LogP contribution in [0.5, 0.6) is 0 Å². The summed E-state index contributed by atoms with van der Waals surface area (Å²) in [7, 11) is 1.85. The van der Waals surface area contributed by atoms with Crippen molar-refractivity contribution in [2.75, 3.05) is 7.05 Å². The Balaban J connectivity index is 2.05. The van der Waals surface area contributed by atoms with Gasteiger partial charge in [0.1, 0.15) is 0 Å². The minimum absolute atomic E-state index is 0.144. The van der Waals surface area contributed by atoms with Crippen LogP contribution in [0.3, 0.4) is 0 Å². The van der Waals surface area contributed by atoms with Gasteiger partial charge in [-0.15, -0.1) is 0 Å². The van der Waals surface area contributed by atoms with Crippen LogP contribution < -0.4 is 0 Å². The van der Waals surface area contributed by atoms with E-state index in [1.807, 2.05) is 37.4 Å². The van der Waals surface area contributed by atoms with Gasteiger partial charge in [0.15, 0.2) is 0 Å². The lowest BCUT2D eigenvalue weighted by Crippen LogP contribution is -2.19. The number of ether oxygens (including phenoxy) is 1. The molecule has 0 amide bonds. The summed E-state index contributed by atoms with van der Waals surface area (Å²) < 4.78 is 5.03. The fraction of sp³-hybridized carbons (Fsp3) is 0.417. The number of rotatable bonds is 2. The Kier molecular flexibility index (Phi) is 3.22. The van der Waals surface area contributed by atoms with Crippen LogP contribution >= 0.6 is 0 Å². The van der Waals surface area contributed by atoms with Gasteiger partial charge in [0.05, 0.1) is 6.04 Å². The second-order valence-corrected chi connectivity index (χ2v) is 3.85. The first-order chi connectivity index (χ1) is 7.66. The molecular formula is C12H15NO3. The zero-order valence-corrected chi connectivity index (χ0v) is 9.42. The Morgan fingerprint density at radius 1 is 1.44 bits per heavy atom. The molecule has 1 aromatic rings. The first-order valence-corrected chi connectivity index (χ1v) is 5.28. The van der Waals surface area contributed by atoms with Crippen molar-refractivity contribution in [1.29, 1.82) is 0 Å². The summed E-state index contributed by atoms with van der Waals surface area (Å²) in [4.78, 5) is 16.3. The summed E-state index contributed by atoms with van der Waals surface area (Å²) in [6.45, 7) is 1.39. The molecule has 1 fully saturated rings. The van der Waals surface area contributed by atoms with Crippen molar-refractivity contribution in [3.8, 4) is 0 Å². The van der Waals surface area contributed by atoms with Crippen molar-refractivity contribution >= 4 is 5.97 Å². The molecule has 1 heterocycles. The Morgan fingerprint density at radius 3 is 2.75 bits per heavy atom. The van der Waals surface area contributed by atoms with Crippen LogP contribution in [0.25, 0.3) is 0 Å². The largest absolute Gasteiger partial charge is 0.434 e. The fourth-order valence-corrected chi connectivity index (χ4v) is 1.91. The third-order valence-corrected chi connectivity index (χ3v) is 2.62. The summed E-state index contributed by atoms with van der Waals surface area (Å²) >= 11 is 0. The van der Waals surface area contributed by atoms with Crippen LogP contribution in [-0.4, -0.2) is 24.4 Å². The second-order valence-electron chi connectivity index (χ2n) is 3.85. The van der Waals surface area contributed by atoms with Crippen LogP contribution in [0, 0.1) is 0 Å². The number of benzene rings is 1. The standard InChI is InChI=1S/C12H15NO3/c1-9(14)15-12-8-11(13(2)16-12)10-6-4-3-5-7-10/h3-7,11-12H,8H2,1-2H3. The number of carbonyl (C=O) groups excluding carboxylic acids is 1. The van der Waals surface area contributed by atoms with E-state index in [9.17, 15) is 4.79 Å². The smallest absolute Gasteiger partial charge is 0.304 e. The molecule has 1 saturated heterocycles. The lowest BCUT2D eigenvalue weighted by molar-refractivity contribution is -0.225. The molecule has 0 saturated carbocycles. The first kappa shape index (κ1) is 11.1. The van der Waals surface area contributed by atoms with Gasteiger partial charge in [-0.05, 0) is 5.56 Å². The van der Waals surface area contributed by atoms with E-state index in [4.69, 9.17) is 9.57 Å². The summed E-state index contributed by atoms with van der Waals surface area (Å²) in [6, 6.07) is 10.2. The Hall–Kier alpha value is -1.39. The zero-order valence-electron chi connectivity index (χ0n) is 9.42. The Labute approximate surface area is 94.7 Å². The summed E-state index contributed by atoms with van der Waals surface area (Å²) in [5.41, 5.74) is 1.17. The predicted molar refractivity (Wildman–Crippen MR) is 58.2 cm³/mol. The number of esters is 1. The van der Waals surface area contributed by atoms with Crippen molar-refractivity contribution in [2.45, 2.75) is 25.7 Å². The summed E-state index contributed by atoms with van der Waals surface area (Å²) in [6.07, 6.45) is 0.202. The normalized spacial score (nSPS) is 25.6. The van der Waals surface area contributed by atoms with Crippen molar-refractivity contribution in [3.05, 3.63) is 35.9 Å². The van der Waals surface area contributed by atoms with E-state index in [1.54, 1.807) is 5.06 Å². The average Bonchev–Trinajstić information content (AvgIpc) is 2.60. The zero-order chi connectivity index (χ0) is 11.5. The van der Waals surface area contributed by atoms with Gasteiger partial charge >= 0.3 is 5.97 Å². The quantitative estimate of drug-likeness (QED) is 0.715. The van der Waals surface area contributed by atoms with E-state index >= 15 is 0 Å². The molecule has 0 aliphatic carbocycles. The predicted octanol–water partition coefficient (Wildman–Crippen LogP) is 1.88. The third-order valence-electron chi connectivity index (χ3n) is 2.62. The fourth-order valence-electron chi connectivity index (χ4n) is 1.91. The van der Waals surface area contributed by atoms with Gasteiger partial charge in [-0.3, -0.25) is 9.63 Å². The number of hydrogen-bond donors (Lipinski definition) is 0. The summed E-state index contributed by atoms with van der Waals surface area (Å²) in [5.74, 6) is -0.313. The maximum absolute atomic E-state index is 10.8. The minimum atomic E-state index is -0.465. The first-order valence-electron chi connectivity index (χ1n) is 5.28. The highest BCUT2D eigenvalue weighted by molar-refractivity contribution is 5.66. The molecular weight excluding hydrogens is 206 g/mol. The van der Waals surface area contributed by atoms with Crippen molar-refractivity contribution in [1.82, 2.24) is 5.06 Å². The molecule has 2 atom stereocenters. The SMILES string of the molecule is CC(=O)OC1CC(c2ccccc2)N(C)O1. The number of carbonyl (C=O) groups is 1. The van der Waals surface area contributed by atoms with Gasteiger partial charge in [0.2, 0.25) is 6.29 Å². The van der Waals surface area contributed by atoms with E-state index in [1.165, 1.54) is 12.5 Å². The molecule has 86 valence electrons. The molecule has 0 aromatic heterocycles. The third kappa shape index (κ3) is 2.40. The van der Waals surface area contributed by atoms with Crippen LogP contribution in [0.15, 0.2) is 30.3 Å². The molecule has 2 rings (SSSR count). The van der Waals surface area contributed by atoms with E-state index in [2.05, 4.69) is 0 Å². The molecule has 1 aliphatic rings. The monoisotopic (exact) mass is 221 g/mol. The molecule has 0 N–H and O–H groups in total. The number of nitrogens with zero attached hydrogens (tertiary/aromatic N) is 1. The molecule has 4 heteroatoms. The highest BCUT2D eigenvalue weighted by atomic mass is 16.8. The van der Waals surface area contributed by atoms with Gasteiger partial charge in [-0.1, -0.05) is 30.3 Å². The van der Waals surface area contributed by atoms with Gasteiger partial charge in [0, 0.05) is 20.4 Å². The van der Waals surface area contributed by atoms with Gasteiger partial charge < -0.3 is 4.74 Å². The maximum atomic E-state index is 10.8. The molecule has 16 heavy (non-hydrogen) atoms. The Morgan fingerprint density at radius 2 is 2.12 bits per heavy atom. The molecule has 2 unspecified atom stereocenters. The van der Waals surface area contributed by atoms with Crippen LogP contribution in [-0.2, 0) is 14.4 Å². The Bertz CT molecular complexity index is 366. The molecule has 0 bridgehead atoms. The van der Waals surface area contributed by atoms with Crippen molar-refractivity contribution < 1.29 is 14.4 Å². The highest BCUT2D eigenvalue weighted by Crippen LogP contribution is 2.32. The van der Waals surface area contributed by atoms with E-state index in [0.717, 1.165) is 0 Å². The molecule has 0 radical (unpaired) electrons. The van der Waals surface area contributed by atoms with E-state index < -0.39 is 6.29 Å². The summed E-state index contributed by atoms with van der Waals surface area (Å²) in [5, 5.41) is 1.74. The average molecular weight is 221 g/mol. The number of hydrogen-bond acceptors (Lipinski definition) is 4. The second kappa shape index (κ2) is 4.63. The maximum Gasteiger partial charge on any atom is 0.304 e. The topological polar surface area (TPSA) is 38.8 Å². The van der Waals surface area contributed by atoms with Gasteiger partial charge in [-0.2, -0.15) is 5.06 Å². The van der Waals surface area contributed by atoms with Crippen LogP contribution in [0.2, 0.25) is 0 Å². The molecule has 1 aliphatic heterocycles. The number of hydroxylamine groups is 2. The minimum Gasteiger partial charge on any atom is -0.434 e.